The van der Waals surface area contributed by atoms with Crippen LogP contribution in [-0.4, -0.2) is 51.0 Å². The van der Waals surface area contributed by atoms with Gasteiger partial charge in [-0.05, 0) is 31.2 Å². The van der Waals surface area contributed by atoms with Gasteiger partial charge in [-0.1, -0.05) is 6.92 Å². The van der Waals surface area contributed by atoms with Crippen LogP contribution in [0.15, 0.2) is 22.6 Å². The second-order valence-corrected chi connectivity index (χ2v) is 7.76. The molecular weight excluding hydrogens is 356 g/mol. The highest BCUT2D eigenvalue weighted by Gasteiger charge is 2.21. The number of thiophene rings is 1. The van der Waals surface area contributed by atoms with Crippen LogP contribution < -0.4 is 4.90 Å². The molecule has 0 atom stereocenters. The number of aromatic nitrogens is 5. The van der Waals surface area contributed by atoms with Gasteiger partial charge in [0.1, 0.15) is 16.2 Å². The summed E-state index contributed by atoms with van der Waals surface area (Å²) in [5.74, 6) is 0.915. The maximum Gasteiger partial charge on any atom is 0.228 e. The van der Waals surface area contributed by atoms with Crippen LogP contribution in [0.5, 0.6) is 0 Å². The number of ether oxygens (including phenoxy) is 1. The van der Waals surface area contributed by atoms with Crippen LogP contribution in [-0.2, 0) is 17.7 Å². The molecule has 0 amide bonds. The predicted molar refractivity (Wildman–Crippen MR) is 99.6 cm³/mol. The summed E-state index contributed by atoms with van der Waals surface area (Å²) in [6.07, 6.45) is 2.65. The summed E-state index contributed by atoms with van der Waals surface area (Å²) in [6.45, 7) is 8.27. The van der Waals surface area contributed by atoms with Gasteiger partial charge in [0.15, 0.2) is 5.16 Å². The molecule has 3 aromatic heterocycles. The molecule has 1 aliphatic heterocycles. The minimum Gasteiger partial charge on any atom is -0.378 e. The fourth-order valence-electron chi connectivity index (χ4n) is 2.86. The van der Waals surface area contributed by atoms with Crippen molar-refractivity contribution in [3.63, 3.8) is 0 Å². The minimum absolute atomic E-state index is 0.736. The number of morpholine rings is 1. The first-order valence-corrected chi connectivity index (χ1v) is 10.1. The van der Waals surface area contributed by atoms with Gasteiger partial charge in [-0.3, -0.25) is 4.57 Å². The Morgan fingerprint density at radius 1 is 1.20 bits per heavy atom. The van der Waals surface area contributed by atoms with Crippen molar-refractivity contribution >= 4 is 39.3 Å². The van der Waals surface area contributed by atoms with E-state index in [1.54, 1.807) is 29.4 Å². The second-order valence-electron chi connectivity index (χ2n) is 5.69. The van der Waals surface area contributed by atoms with E-state index in [1.165, 1.54) is 4.88 Å². The minimum atomic E-state index is 0.736. The molecule has 0 saturated carbocycles. The molecule has 0 bridgehead atoms. The van der Waals surface area contributed by atoms with E-state index in [4.69, 9.17) is 4.74 Å². The normalized spacial score (nSPS) is 15.2. The van der Waals surface area contributed by atoms with Crippen LogP contribution >= 0.6 is 23.1 Å². The van der Waals surface area contributed by atoms with Crippen molar-refractivity contribution in [1.82, 2.24) is 24.7 Å². The summed E-state index contributed by atoms with van der Waals surface area (Å²) < 4.78 is 7.59. The molecule has 0 unspecified atom stereocenters. The number of aryl methyl sites for hydroxylation is 1. The average Bonchev–Trinajstić information content (AvgIpc) is 3.26. The molecule has 0 aromatic carbocycles. The molecule has 7 nitrogen and oxygen atoms in total. The molecular formula is C16H20N6OS2. The van der Waals surface area contributed by atoms with Gasteiger partial charge in [0.25, 0.3) is 0 Å². The van der Waals surface area contributed by atoms with Gasteiger partial charge in [0.05, 0.1) is 13.2 Å². The first-order valence-electron chi connectivity index (χ1n) is 8.47. The van der Waals surface area contributed by atoms with Gasteiger partial charge in [-0.25, -0.2) is 9.97 Å². The van der Waals surface area contributed by atoms with Gasteiger partial charge in [0.2, 0.25) is 5.95 Å². The zero-order valence-corrected chi connectivity index (χ0v) is 15.9. The lowest BCUT2D eigenvalue weighted by atomic mass is 10.3. The molecule has 132 valence electrons. The van der Waals surface area contributed by atoms with Gasteiger partial charge >= 0.3 is 0 Å². The maximum atomic E-state index is 5.44. The number of fused-ring (bicyclic) bond motifs is 1. The molecule has 0 radical (unpaired) electrons. The Kier molecular flexibility index (Phi) is 4.87. The highest BCUT2D eigenvalue weighted by Crippen LogP contribution is 2.35. The standard InChI is InChI=1S/C16H20N6OS2/c1-3-11-9-12-13(24-11)17-10-18-14(12)25-16-20-19-15(22(16)4-2)21-5-7-23-8-6-21/h9-10H,3-8H2,1-2H3. The van der Waals surface area contributed by atoms with Gasteiger partial charge in [0, 0.05) is 29.9 Å². The number of hydrogen-bond donors (Lipinski definition) is 0. The molecule has 1 aliphatic rings. The highest BCUT2D eigenvalue weighted by atomic mass is 32.2. The Bertz CT molecular complexity index is 871. The van der Waals surface area contributed by atoms with E-state index in [2.05, 4.69) is 49.5 Å². The molecule has 1 saturated heterocycles. The SMILES string of the molecule is CCc1cc2c(Sc3nnc(N4CCOCC4)n3CC)ncnc2s1. The van der Waals surface area contributed by atoms with Crippen LogP contribution in [0.1, 0.15) is 18.7 Å². The fourth-order valence-corrected chi connectivity index (χ4v) is 4.80. The molecule has 0 spiro atoms. The molecule has 0 N–H and O–H groups in total. The zero-order valence-electron chi connectivity index (χ0n) is 14.3. The molecule has 4 heterocycles. The Balaban J connectivity index is 1.67. The molecule has 25 heavy (non-hydrogen) atoms. The topological polar surface area (TPSA) is 69.0 Å². The lowest BCUT2D eigenvalue weighted by Gasteiger charge is -2.27. The summed E-state index contributed by atoms with van der Waals surface area (Å²) in [5.41, 5.74) is 0. The van der Waals surface area contributed by atoms with Gasteiger partial charge in [-0.2, -0.15) is 0 Å². The molecule has 9 heteroatoms. The van der Waals surface area contributed by atoms with E-state index < -0.39 is 0 Å². The van der Waals surface area contributed by atoms with Crippen LogP contribution in [0.2, 0.25) is 0 Å². The van der Waals surface area contributed by atoms with Crippen LogP contribution in [0.3, 0.4) is 0 Å². The van der Waals surface area contributed by atoms with E-state index in [-0.39, 0.29) is 0 Å². The van der Waals surface area contributed by atoms with E-state index in [1.807, 2.05) is 0 Å². The average molecular weight is 377 g/mol. The fraction of sp³-hybridized carbons (Fsp3) is 0.500. The zero-order chi connectivity index (χ0) is 17.2. The molecule has 0 aliphatic carbocycles. The molecule has 4 rings (SSSR count). The lowest BCUT2D eigenvalue weighted by Crippen LogP contribution is -2.38. The van der Waals surface area contributed by atoms with Crippen molar-refractivity contribution in [1.29, 1.82) is 0 Å². The lowest BCUT2D eigenvalue weighted by molar-refractivity contribution is 0.121. The summed E-state index contributed by atoms with van der Waals surface area (Å²) >= 11 is 3.29. The van der Waals surface area contributed by atoms with E-state index >= 15 is 0 Å². The Hall–Kier alpha value is -1.71. The van der Waals surface area contributed by atoms with E-state index in [9.17, 15) is 0 Å². The van der Waals surface area contributed by atoms with Crippen LogP contribution in [0.4, 0.5) is 5.95 Å². The monoisotopic (exact) mass is 376 g/mol. The second kappa shape index (κ2) is 7.27. The molecule has 1 fully saturated rings. The Labute approximate surface area is 154 Å². The van der Waals surface area contributed by atoms with Crippen molar-refractivity contribution in [2.45, 2.75) is 37.0 Å². The summed E-state index contributed by atoms with van der Waals surface area (Å²) in [6, 6.07) is 2.19. The summed E-state index contributed by atoms with van der Waals surface area (Å²) in [7, 11) is 0. The van der Waals surface area contributed by atoms with E-state index in [0.29, 0.717) is 0 Å². The van der Waals surface area contributed by atoms with Gasteiger partial charge in [-0.15, -0.1) is 21.5 Å². The van der Waals surface area contributed by atoms with Crippen LogP contribution in [0, 0.1) is 0 Å². The first kappa shape index (κ1) is 16.7. The third-order valence-electron chi connectivity index (χ3n) is 4.19. The third kappa shape index (κ3) is 3.23. The number of anilines is 1. The predicted octanol–water partition coefficient (Wildman–Crippen LogP) is 2.85. The Morgan fingerprint density at radius 2 is 2.04 bits per heavy atom. The number of nitrogens with zero attached hydrogens (tertiary/aromatic N) is 6. The first-order chi connectivity index (χ1) is 12.3. The molecule has 3 aromatic rings. The largest absolute Gasteiger partial charge is 0.378 e. The van der Waals surface area contributed by atoms with E-state index in [0.717, 1.165) is 65.6 Å². The van der Waals surface area contributed by atoms with Crippen molar-refractivity contribution in [3.05, 3.63) is 17.3 Å². The number of hydrogen-bond acceptors (Lipinski definition) is 8. The van der Waals surface area contributed by atoms with Crippen molar-refractivity contribution < 1.29 is 4.74 Å². The van der Waals surface area contributed by atoms with Crippen molar-refractivity contribution in [2.24, 2.45) is 0 Å². The number of rotatable bonds is 5. The van der Waals surface area contributed by atoms with Crippen LogP contribution in [0.25, 0.3) is 10.2 Å². The summed E-state index contributed by atoms with van der Waals surface area (Å²) in [5, 5.41) is 11.8. The quantitative estimate of drug-likeness (QED) is 0.634. The summed E-state index contributed by atoms with van der Waals surface area (Å²) in [4.78, 5) is 13.5. The van der Waals surface area contributed by atoms with Crippen molar-refractivity contribution in [3.8, 4) is 0 Å². The smallest absolute Gasteiger partial charge is 0.228 e. The third-order valence-corrected chi connectivity index (χ3v) is 6.38. The Morgan fingerprint density at radius 3 is 2.80 bits per heavy atom. The maximum absolute atomic E-state index is 5.44. The van der Waals surface area contributed by atoms with Crippen molar-refractivity contribution in [2.75, 3.05) is 31.2 Å². The highest BCUT2D eigenvalue weighted by molar-refractivity contribution is 7.99. The van der Waals surface area contributed by atoms with Gasteiger partial charge < -0.3 is 9.64 Å².